The molecule has 100 valence electrons. The van der Waals surface area contributed by atoms with Gasteiger partial charge in [-0.3, -0.25) is 9.48 Å². The number of aromatic nitrogens is 2. The molecular formula is C15H18N2O2. The summed E-state index contributed by atoms with van der Waals surface area (Å²) >= 11 is 0. The number of allylic oxidation sites excluding steroid dienone is 5. The highest BCUT2D eigenvalue weighted by atomic mass is 16.5. The first-order chi connectivity index (χ1) is 9.36. The molecule has 0 aromatic carbocycles. The average Bonchev–Trinajstić information content (AvgIpc) is 2.81. The van der Waals surface area contributed by atoms with Gasteiger partial charge in [-0.15, -0.1) is 0 Å². The Morgan fingerprint density at radius 1 is 1.32 bits per heavy atom. The molecule has 2 rings (SSSR count). The maximum Gasteiger partial charge on any atom is 0.170 e. The van der Waals surface area contributed by atoms with Crippen molar-refractivity contribution < 1.29 is 9.53 Å². The molecule has 1 aliphatic heterocycles. The summed E-state index contributed by atoms with van der Waals surface area (Å²) in [7, 11) is 0. The van der Waals surface area contributed by atoms with Crippen LogP contribution < -0.4 is 0 Å². The fraction of sp³-hybridized carbons (Fsp3) is 0.333. The molecule has 1 aromatic rings. The van der Waals surface area contributed by atoms with Crippen molar-refractivity contribution in [3.05, 3.63) is 47.3 Å². The molecule has 4 nitrogen and oxygen atoms in total. The second-order valence-electron chi connectivity index (χ2n) is 4.22. The normalized spacial score (nSPS) is 15.6. The summed E-state index contributed by atoms with van der Waals surface area (Å²) < 4.78 is 7.27. The van der Waals surface area contributed by atoms with Crippen LogP contribution in [-0.2, 0) is 17.9 Å². The Bertz CT molecular complexity index is 524. The van der Waals surface area contributed by atoms with Gasteiger partial charge in [0, 0.05) is 5.56 Å². The van der Waals surface area contributed by atoms with Gasteiger partial charge >= 0.3 is 0 Å². The lowest BCUT2D eigenvalue weighted by atomic mass is 10.1. The van der Waals surface area contributed by atoms with Crippen LogP contribution in [0.15, 0.2) is 30.4 Å². The molecule has 0 fully saturated rings. The summed E-state index contributed by atoms with van der Waals surface area (Å²) in [5.74, 6) is 0. The number of ether oxygens (including phenoxy) is 1. The summed E-state index contributed by atoms with van der Waals surface area (Å²) in [4.78, 5) is 11.0. The van der Waals surface area contributed by atoms with Gasteiger partial charge in [-0.25, -0.2) is 0 Å². The van der Waals surface area contributed by atoms with Crippen molar-refractivity contribution in [2.75, 3.05) is 6.61 Å². The maximum atomic E-state index is 11.0. The number of hydrogen-bond acceptors (Lipinski definition) is 3. The number of hydrogen-bond donors (Lipinski definition) is 0. The van der Waals surface area contributed by atoms with Crippen LogP contribution in [0.2, 0.25) is 0 Å². The maximum absolute atomic E-state index is 11.0. The monoisotopic (exact) mass is 258 g/mol. The van der Waals surface area contributed by atoms with Crippen LogP contribution in [0.3, 0.4) is 0 Å². The number of carbonyl (C=O) groups is 1. The minimum atomic E-state index is 0.481. The van der Waals surface area contributed by atoms with Crippen LogP contribution in [0, 0.1) is 0 Å². The Labute approximate surface area is 113 Å². The molecule has 0 spiro atoms. The predicted molar refractivity (Wildman–Crippen MR) is 74.9 cm³/mol. The molecule has 0 radical (unpaired) electrons. The smallest absolute Gasteiger partial charge is 0.170 e. The zero-order valence-corrected chi connectivity index (χ0v) is 11.1. The lowest BCUT2D eigenvalue weighted by Gasteiger charge is -2.14. The molecular weight excluding hydrogens is 240 g/mol. The highest BCUT2D eigenvalue weighted by molar-refractivity contribution is 5.80. The van der Waals surface area contributed by atoms with Crippen molar-refractivity contribution in [1.29, 1.82) is 0 Å². The van der Waals surface area contributed by atoms with E-state index in [0.29, 0.717) is 25.5 Å². The second-order valence-corrected chi connectivity index (χ2v) is 4.22. The SMILES string of the molecule is CC\C=C/C=C\C=C\c1c(C=O)nn2c1COCC2. The van der Waals surface area contributed by atoms with Crippen molar-refractivity contribution in [3.63, 3.8) is 0 Å². The van der Waals surface area contributed by atoms with Gasteiger partial charge in [-0.1, -0.05) is 43.4 Å². The highest BCUT2D eigenvalue weighted by Crippen LogP contribution is 2.19. The molecule has 0 aliphatic carbocycles. The first-order valence-corrected chi connectivity index (χ1v) is 6.49. The van der Waals surface area contributed by atoms with Crippen LogP contribution in [0.25, 0.3) is 6.08 Å². The van der Waals surface area contributed by atoms with E-state index < -0.39 is 0 Å². The number of fused-ring (bicyclic) bond motifs is 1. The van der Waals surface area contributed by atoms with Gasteiger partial charge in [0.1, 0.15) is 5.69 Å². The summed E-state index contributed by atoms with van der Waals surface area (Å²) in [5.41, 5.74) is 2.31. The first kappa shape index (κ1) is 13.5. The zero-order chi connectivity index (χ0) is 13.5. The highest BCUT2D eigenvalue weighted by Gasteiger charge is 2.18. The average molecular weight is 258 g/mol. The molecule has 19 heavy (non-hydrogen) atoms. The molecule has 0 unspecified atom stereocenters. The standard InChI is InChI=1S/C15H18N2O2/c1-2-3-4-5-6-7-8-13-14(11-18)16-17-9-10-19-12-15(13)17/h3-8,11H,2,9-10,12H2,1H3/b4-3-,6-5-,8-7+. The van der Waals surface area contributed by atoms with E-state index in [2.05, 4.69) is 18.1 Å². The van der Waals surface area contributed by atoms with Gasteiger partial charge in [0.25, 0.3) is 0 Å². The lowest BCUT2D eigenvalue weighted by Crippen LogP contribution is -2.17. The van der Waals surface area contributed by atoms with Gasteiger partial charge in [-0.05, 0) is 6.42 Å². The third-order valence-electron chi connectivity index (χ3n) is 2.89. The molecule has 2 heterocycles. The molecule has 1 aliphatic rings. The van der Waals surface area contributed by atoms with Crippen molar-refractivity contribution in [3.8, 4) is 0 Å². The molecule has 0 bridgehead atoms. The van der Waals surface area contributed by atoms with E-state index >= 15 is 0 Å². The van der Waals surface area contributed by atoms with E-state index in [9.17, 15) is 4.79 Å². The quantitative estimate of drug-likeness (QED) is 0.602. The van der Waals surface area contributed by atoms with Gasteiger partial charge in [-0.2, -0.15) is 5.10 Å². The summed E-state index contributed by atoms with van der Waals surface area (Å²) in [6.45, 7) is 3.96. The Morgan fingerprint density at radius 2 is 2.16 bits per heavy atom. The van der Waals surface area contributed by atoms with E-state index in [1.54, 1.807) is 0 Å². The van der Waals surface area contributed by atoms with Crippen LogP contribution in [0.4, 0.5) is 0 Å². The van der Waals surface area contributed by atoms with Gasteiger partial charge < -0.3 is 4.74 Å². The molecule has 1 aromatic heterocycles. The van der Waals surface area contributed by atoms with Crippen LogP contribution in [-0.4, -0.2) is 22.7 Å². The van der Waals surface area contributed by atoms with Gasteiger partial charge in [0.2, 0.25) is 0 Å². The van der Waals surface area contributed by atoms with Crippen LogP contribution in [0.5, 0.6) is 0 Å². The van der Waals surface area contributed by atoms with Crippen molar-refractivity contribution in [1.82, 2.24) is 9.78 Å². The molecule has 0 amide bonds. The Hall–Kier alpha value is -1.94. The second kappa shape index (κ2) is 6.85. The number of carbonyl (C=O) groups excluding carboxylic acids is 1. The van der Waals surface area contributed by atoms with Gasteiger partial charge in [0.15, 0.2) is 6.29 Å². The fourth-order valence-electron chi connectivity index (χ4n) is 1.95. The number of rotatable bonds is 5. The van der Waals surface area contributed by atoms with Crippen molar-refractivity contribution >= 4 is 12.4 Å². The fourth-order valence-corrected chi connectivity index (χ4v) is 1.95. The summed E-state index contributed by atoms with van der Waals surface area (Å²) in [5, 5.41) is 4.28. The topological polar surface area (TPSA) is 44.1 Å². The third kappa shape index (κ3) is 3.29. The van der Waals surface area contributed by atoms with Crippen molar-refractivity contribution in [2.45, 2.75) is 26.5 Å². The largest absolute Gasteiger partial charge is 0.373 e. The molecule has 0 atom stereocenters. The Kier molecular flexibility index (Phi) is 4.86. The van der Waals surface area contributed by atoms with Gasteiger partial charge in [0.05, 0.1) is 25.5 Å². The molecule has 4 heteroatoms. The first-order valence-electron chi connectivity index (χ1n) is 6.49. The number of aldehydes is 1. The zero-order valence-electron chi connectivity index (χ0n) is 11.1. The van der Waals surface area contributed by atoms with E-state index in [1.165, 1.54) is 0 Å². The molecule has 0 saturated carbocycles. The Balaban J connectivity index is 2.17. The lowest BCUT2D eigenvalue weighted by molar-refractivity contribution is 0.0798. The molecule has 0 saturated heterocycles. The van der Waals surface area contributed by atoms with E-state index in [4.69, 9.17) is 4.74 Å². The van der Waals surface area contributed by atoms with E-state index in [-0.39, 0.29) is 0 Å². The van der Waals surface area contributed by atoms with E-state index in [0.717, 1.165) is 24.0 Å². The minimum absolute atomic E-state index is 0.481. The van der Waals surface area contributed by atoms with Crippen molar-refractivity contribution in [2.24, 2.45) is 0 Å². The minimum Gasteiger partial charge on any atom is -0.373 e. The van der Waals surface area contributed by atoms with Crippen LogP contribution >= 0.6 is 0 Å². The number of nitrogens with zero attached hydrogens (tertiary/aromatic N) is 2. The third-order valence-corrected chi connectivity index (χ3v) is 2.89. The molecule has 0 N–H and O–H groups in total. The summed E-state index contributed by atoms with van der Waals surface area (Å²) in [6, 6.07) is 0. The predicted octanol–water partition coefficient (Wildman–Crippen LogP) is 2.76. The summed E-state index contributed by atoms with van der Waals surface area (Å²) in [6.07, 6.45) is 13.6. The van der Waals surface area contributed by atoms with Crippen LogP contribution in [0.1, 0.15) is 35.1 Å². The Morgan fingerprint density at radius 3 is 2.95 bits per heavy atom. The van der Waals surface area contributed by atoms with E-state index in [1.807, 2.05) is 35.1 Å².